The van der Waals surface area contributed by atoms with Gasteiger partial charge >= 0.3 is 0 Å². The number of nitrogens with one attached hydrogen (secondary N) is 1. The quantitative estimate of drug-likeness (QED) is 0.795. The number of hydrogen-bond donors (Lipinski definition) is 1. The summed E-state index contributed by atoms with van der Waals surface area (Å²) in [5.41, 5.74) is 1.30. The Bertz CT molecular complexity index is 295. The number of benzene rings is 1. The van der Waals surface area contributed by atoms with Crippen LogP contribution in [-0.2, 0) is 0 Å². The second-order valence-corrected chi connectivity index (χ2v) is 4.15. The van der Waals surface area contributed by atoms with Gasteiger partial charge in [0.2, 0.25) is 0 Å². The molecule has 0 aliphatic heterocycles. The molecular weight excluding hydrogens is 200 g/mol. The average Bonchev–Trinajstić information content (AvgIpc) is 2.28. The van der Waals surface area contributed by atoms with E-state index in [-0.39, 0.29) is 0 Å². The van der Waals surface area contributed by atoms with E-state index < -0.39 is 0 Å². The first-order valence-corrected chi connectivity index (χ1v) is 5.69. The van der Waals surface area contributed by atoms with Crippen LogP contribution in [0, 0.1) is 0 Å². The summed E-state index contributed by atoms with van der Waals surface area (Å²) in [5, 5.41) is 3.49. The van der Waals surface area contributed by atoms with Gasteiger partial charge in [-0.25, -0.2) is 0 Å². The molecule has 0 radical (unpaired) electrons. The summed E-state index contributed by atoms with van der Waals surface area (Å²) in [4.78, 5) is 2.19. The van der Waals surface area contributed by atoms with Crippen LogP contribution >= 0.6 is 0 Å². The van der Waals surface area contributed by atoms with E-state index in [1.165, 1.54) is 5.56 Å². The number of rotatable bonds is 6. The van der Waals surface area contributed by atoms with E-state index in [0.29, 0.717) is 6.04 Å². The lowest BCUT2D eigenvalue weighted by molar-refractivity contribution is 0.345. The van der Waals surface area contributed by atoms with Gasteiger partial charge in [-0.2, -0.15) is 0 Å². The minimum Gasteiger partial charge on any atom is -0.497 e. The monoisotopic (exact) mass is 222 g/mol. The molecule has 1 rings (SSSR count). The molecule has 0 spiro atoms. The van der Waals surface area contributed by atoms with Crippen molar-refractivity contribution < 1.29 is 4.74 Å². The molecule has 0 aliphatic rings. The zero-order valence-corrected chi connectivity index (χ0v) is 10.7. The van der Waals surface area contributed by atoms with E-state index in [1.54, 1.807) is 7.11 Å². The van der Waals surface area contributed by atoms with Crippen LogP contribution in [0.1, 0.15) is 18.5 Å². The zero-order chi connectivity index (χ0) is 12.0. The fourth-order valence-electron chi connectivity index (χ4n) is 1.74. The van der Waals surface area contributed by atoms with Crippen molar-refractivity contribution >= 4 is 0 Å². The first-order valence-electron chi connectivity index (χ1n) is 5.69. The lowest BCUT2D eigenvalue weighted by Gasteiger charge is -2.22. The molecule has 1 N–H and O–H groups in total. The largest absolute Gasteiger partial charge is 0.497 e. The SMILES string of the molecule is CCNC(CN(C)C)c1ccc(OC)cc1. The topological polar surface area (TPSA) is 24.5 Å². The van der Waals surface area contributed by atoms with Gasteiger partial charge in [-0.3, -0.25) is 0 Å². The van der Waals surface area contributed by atoms with Crippen LogP contribution in [0.25, 0.3) is 0 Å². The maximum Gasteiger partial charge on any atom is 0.118 e. The molecule has 0 heterocycles. The average molecular weight is 222 g/mol. The smallest absolute Gasteiger partial charge is 0.118 e. The highest BCUT2D eigenvalue weighted by Gasteiger charge is 2.10. The maximum absolute atomic E-state index is 5.16. The Kier molecular flexibility index (Phi) is 5.29. The van der Waals surface area contributed by atoms with Crippen molar-refractivity contribution in [2.75, 3.05) is 34.3 Å². The molecule has 16 heavy (non-hydrogen) atoms. The Morgan fingerprint density at radius 3 is 2.31 bits per heavy atom. The van der Waals surface area contributed by atoms with E-state index in [1.807, 2.05) is 12.1 Å². The predicted molar refractivity (Wildman–Crippen MR) is 68.0 cm³/mol. The Labute approximate surface area is 98.4 Å². The van der Waals surface area contributed by atoms with Crippen LogP contribution < -0.4 is 10.1 Å². The van der Waals surface area contributed by atoms with E-state index in [9.17, 15) is 0 Å². The van der Waals surface area contributed by atoms with Crippen LogP contribution in [0.2, 0.25) is 0 Å². The Morgan fingerprint density at radius 1 is 1.25 bits per heavy atom. The Hall–Kier alpha value is -1.06. The van der Waals surface area contributed by atoms with Crippen molar-refractivity contribution in [3.63, 3.8) is 0 Å². The number of methoxy groups -OCH3 is 1. The third-order valence-corrected chi connectivity index (χ3v) is 2.52. The Morgan fingerprint density at radius 2 is 1.88 bits per heavy atom. The van der Waals surface area contributed by atoms with Gasteiger partial charge in [-0.1, -0.05) is 19.1 Å². The van der Waals surface area contributed by atoms with Crippen LogP contribution in [0.4, 0.5) is 0 Å². The summed E-state index contributed by atoms with van der Waals surface area (Å²) < 4.78 is 5.16. The lowest BCUT2D eigenvalue weighted by atomic mass is 10.1. The van der Waals surface area contributed by atoms with E-state index >= 15 is 0 Å². The number of nitrogens with zero attached hydrogens (tertiary/aromatic N) is 1. The molecule has 0 fully saturated rings. The highest BCUT2D eigenvalue weighted by molar-refractivity contribution is 5.29. The van der Waals surface area contributed by atoms with Crippen molar-refractivity contribution in [2.24, 2.45) is 0 Å². The highest BCUT2D eigenvalue weighted by atomic mass is 16.5. The number of likely N-dealkylation sites (N-methyl/N-ethyl adjacent to an activating group) is 2. The van der Waals surface area contributed by atoms with Crippen molar-refractivity contribution in [1.82, 2.24) is 10.2 Å². The molecule has 1 unspecified atom stereocenters. The third-order valence-electron chi connectivity index (χ3n) is 2.52. The van der Waals surface area contributed by atoms with Gasteiger partial charge in [0, 0.05) is 12.6 Å². The molecule has 0 bridgehead atoms. The minimum absolute atomic E-state index is 0.380. The summed E-state index contributed by atoms with van der Waals surface area (Å²) in [5.74, 6) is 0.906. The summed E-state index contributed by atoms with van der Waals surface area (Å²) in [7, 11) is 5.87. The molecule has 0 saturated heterocycles. The molecule has 1 aromatic rings. The molecule has 0 saturated carbocycles. The van der Waals surface area contributed by atoms with Gasteiger partial charge in [0.15, 0.2) is 0 Å². The lowest BCUT2D eigenvalue weighted by Crippen LogP contribution is -2.30. The van der Waals surface area contributed by atoms with Crippen molar-refractivity contribution in [3.05, 3.63) is 29.8 Å². The fourth-order valence-corrected chi connectivity index (χ4v) is 1.74. The third kappa shape index (κ3) is 3.83. The highest BCUT2D eigenvalue weighted by Crippen LogP contribution is 2.18. The first-order chi connectivity index (χ1) is 7.67. The molecule has 90 valence electrons. The normalized spacial score (nSPS) is 12.8. The van der Waals surface area contributed by atoms with Gasteiger partial charge in [0.25, 0.3) is 0 Å². The Balaban J connectivity index is 2.75. The number of ether oxygens (including phenoxy) is 1. The molecule has 3 nitrogen and oxygen atoms in total. The van der Waals surface area contributed by atoms with Crippen molar-refractivity contribution in [3.8, 4) is 5.75 Å². The van der Waals surface area contributed by atoms with Gasteiger partial charge in [0.05, 0.1) is 7.11 Å². The van der Waals surface area contributed by atoms with E-state index in [2.05, 4.69) is 43.4 Å². The molecule has 0 aliphatic carbocycles. The summed E-state index contributed by atoms with van der Waals surface area (Å²) in [6, 6.07) is 8.64. The van der Waals surface area contributed by atoms with Crippen LogP contribution in [-0.4, -0.2) is 39.2 Å². The van der Waals surface area contributed by atoms with Gasteiger partial charge in [0.1, 0.15) is 5.75 Å². The van der Waals surface area contributed by atoms with Crippen molar-refractivity contribution in [2.45, 2.75) is 13.0 Å². The summed E-state index contributed by atoms with van der Waals surface area (Å²) in [6.45, 7) is 4.11. The minimum atomic E-state index is 0.380. The fraction of sp³-hybridized carbons (Fsp3) is 0.538. The molecule has 1 atom stereocenters. The second-order valence-electron chi connectivity index (χ2n) is 4.15. The van der Waals surface area contributed by atoms with E-state index in [4.69, 9.17) is 4.74 Å². The molecule has 0 amide bonds. The van der Waals surface area contributed by atoms with E-state index in [0.717, 1.165) is 18.8 Å². The standard InChI is InChI=1S/C13H22N2O/c1-5-14-13(10-15(2)3)11-6-8-12(16-4)9-7-11/h6-9,13-14H,5,10H2,1-4H3. The summed E-state index contributed by atoms with van der Waals surface area (Å²) in [6.07, 6.45) is 0. The van der Waals surface area contributed by atoms with Gasteiger partial charge in [-0.15, -0.1) is 0 Å². The molecule has 1 aromatic carbocycles. The number of hydrogen-bond acceptors (Lipinski definition) is 3. The van der Waals surface area contributed by atoms with Crippen molar-refractivity contribution in [1.29, 1.82) is 0 Å². The zero-order valence-electron chi connectivity index (χ0n) is 10.7. The van der Waals surface area contributed by atoms with Gasteiger partial charge in [-0.05, 0) is 38.3 Å². The second kappa shape index (κ2) is 6.51. The van der Waals surface area contributed by atoms with Crippen LogP contribution in [0.3, 0.4) is 0 Å². The van der Waals surface area contributed by atoms with Gasteiger partial charge < -0.3 is 15.0 Å². The molecule has 0 aromatic heterocycles. The maximum atomic E-state index is 5.16. The molecular formula is C13H22N2O. The first kappa shape index (κ1) is 13.0. The predicted octanol–water partition coefficient (Wildman–Crippen LogP) is 1.91. The summed E-state index contributed by atoms with van der Waals surface area (Å²) >= 11 is 0. The van der Waals surface area contributed by atoms with Crippen LogP contribution in [0.5, 0.6) is 5.75 Å². The van der Waals surface area contributed by atoms with Crippen LogP contribution in [0.15, 0.2) is 24.3 Å². The molecule has 3 heteroatoms.